The number of carbonyl (C=O) groups excluding carboxylic acids is 1. The van der Waals surface area contributed by atoms with Crippen LogP contribution < -0.4 is 10.7 Å². The molecule has 6 nitrogen and oxygen atoms in total. The maximum Gasteiger partial charge on any atom is 0.422 e. The van der Waals surface area contributed by atoms with Crippen LogP contribution in [-0.4, -0.2) is 47.9 Å². The summed E-state index contributed by atoms with van der Waals surface area (Å²) in [5.41, 5.74) is -1.38. The first-order valence-corrected chi connectivity index (χ1v) is 4.07. The zero-order valence-electron chi connectivity index (χ0n) is 8.84. The van der Waals surface area contributed by atoms with Crippen molar-refractivity contribution in [2.24, 2.45) is 0 Å². The number of nitrogens with one attached hydrogen (secondary N) is 2. The first-order valence-electron chi connectivity index (χ1n) is 4.07. The molecule has 0 rings (SSSR count). The summed E-state index contributed by atoms with van der Waals surface area (Å²) in [6.45, 7) is 0.366. The number of nitrogens with zero attached hydrogens (tertiary/aromatic N) is 1. The largest absolute Gasteiger partial charge is 0.479 e. The molecule has 0 heterocycles. The van der Waals surface area contributed by atoms with Crippen molar-refractivity contribution < 1.29 is 27.9 Å². The Balaban J connectivity index is 4.85. The minimum atomic E-state index is -5.09. The van der Waals surface area contributed by atoms with E-state index in [-0.39, 0.29) is 0 Å². The van der Waals surface area contributed by atoms with E-state index in [9.17, 15) is 22.8 Å². The van der Waals surface area contributed by atoms with Gasteiger partial charge in [-0.15, -0.1) is 0 Å². The van der Waals surface area contributed by atoms with Crippen molar-refractivity contribution >= 4 is 12.0 Å². The van der Waals surface area contributed by atoms with Gasteiger partial charge in [-0.05, 0) is 6.92 Å². The van der Waals surface area contributed by atoms with Crippen LogP contribution in [-0.2, 0) is 4.79 Å². The monoisotopic (exact) mass is 243 g/mol. The molecule has 0 radical (unpaired) electrons. The van der Waals surface area contributed by atoms with Crippen LogP contribution in [0.3, 0.4) is 0 Å². The highest BCUT2D eigenvalue weighted by Crippen LogP contribution is 2.30. The van der Waals surface area contributed by atoms with E-state index < -0.39 is 23.7 Å². The minimum Gasteiger partial charge on any atom is -0.479 e. The molecule has 0 aliphatic carbocycles. The molecule has 9 heteroatoms. The number of amides is 2. The smallest absolute Gasteiger partial charge is 0.422 e. The fraction of sp³-hybridized carbons (Fsp3) is 0.714. The Morgan fingerprint density at radius 2 is 1.69 bits per heavy atom. The standard InChI is InChI=1S/C7H12F3N3O3/c1-6(4(14)15,7(8,9)10)11-5(16)12-13(2)3/h1-3H3,(H,14,15)(H2,11,12,16). The summed E-state index contributed by atoms with van der Waals surface area (Å²) in [4.78, 5) is 21.5. The molecule has 0 aromatic heterocycles. The van der Waals surface area contributed by atoms with Gasteiger partial charge in [0.2, 0.25) is 5.54 Å². The topological polar surface area (TPSA) is 81.7 Å². The first-order chi connectivity index (χ1) is 7.00. The number of hydrazine groups is 1. The summed E-state index contributed by atoms with van der Waals surface area (Å²) >= 11 is 0. The normalized spacial score (nSPS) is 15.4. The van der Waals surface area contributed by atoms with Gasteiger partial charge in [-0.2, -0.15) is 13.2 Å². The molecule has 0 bridgehead atoms. The Hall–Kier alpha value is -1.51. The second kappa shape index (κ2) is 4.56. The summed E-state index contributed by atoms with van der Waals surface area (Å²) in [7, 11) is 2.73. The molecule has 0 aliphatic heterocycles. The Morgan fingerprint density at radius 3 is 1.94 bits per heavy atom. The summed E-state index contributed by atoms with van der Waals surface area (Å²) in [6.07, 6.45) is -5.09. The van der Waals surface area contributed by atoms with Crippen LogP contribution in [0.1, 0.15) is 6.92 Å². The van der Waals surface area contributed by atoms with Crippen LogP contribution in [0.5, 0.6) is 0 Å². The summed E-state index contributed by atoms with van der Waals surface area (Å²) in [5.74, 6) is -2.19. The highest BCUT2D eigenvalue weighted by Gasteiger charge is 2.58. The maximum atomic E-state index is 12.4. The zero-order valence-corrected chi connectivity index (χ0v) is 8.84. The van der Waals surface area contributed by atoms with Gasteiger partial charge in [0.25, 0.3) is 0 Å². The number of hydrogen-bond donors (Lipinski definition) is 3. The van der Waals surface area contributed by atoms with Gasteiger partial charge in [0, 0.05) is 14.1 Å². The fourth-order valence-corrected chi connectivity index (χ4v) is 0.704. The number of carbonyl (C=O) groups is 2. The van der Waals surface area contributed by atoms with Crippen LogP contribution in [0, 0.1) is 0 Å². The zero-order chi connectivity index (χ0) is 13.1. The Morgan fingerprint density at radius 1 is 1.25 bits per heavy atom. The van der Waals surface area contributed by atoms with E-state index in [1.54, 1.807) is 0 Å². The van der Waals surface area contributed by atoms with Gasteiger partial charge < -0.3 is 10.4 Å². The molecule has 1 atom stereocenters. The molecule has 16 heavy (non-hydrogen) atoms. The van der Waals surface area contributed by atoms with E-state index in [1.165, 1.54) is 19.4 Å². The Bertz CT molecular complexity index is 292. The molecule has 2 amide bonds. The molecule has 0 saturated carbocycles. The Labute approximate surface area is 89.4 Å². The van der Waals surface area contributed by atoms with Crippen molar-refractivity contribution in [3.05, 3.63) is 0 Å². The fourth-order valence-electron chi connectivity index (χ4n) is 0.704. The summed E-state index contributed by atoms with van der Waals surface area (Å²) < 4.78 is 37.2. The molecule has 0 spiro atoms. The molecular weight excluding hydrogens is 231 g/mol. The third-order valence-corrected chi connectivity index (χ3v) is 1.68. The second-order valence-electron chi connectivity index (χ2n) is 3.39. The van der Waals surface area contributed by atoms with Crippen molar-refractivity contribution in [2.45, 2.75) is 18.6 Å². The van der Waals surface area contributed by atoms with Gasteiger partial charge in [0.15, 0.2) is 0 Å². The predicted molar refractivity (Wildman–Crippen MR) is 47.5 cm³/mol. The van der Waals surface area contributed by atoms with Gasteiger partial charge in [-0.3, -0.25) is 5.43 Å². The molecular formula is C7H12F3N3O3. The van der Waals surface area contributed by atoms with Gasteiger partial charge in [0.1, 0.15) is 0 Å². The number of carboxylic acids is 1. The number of alkyl halides is 3. The van der Waals surface area contributed by atoms with Crippen molar-refractivity contribution in [1.82, 2.24) is 15.8 Å². The molecule has 94 valence electrons. The van der Waals surface area contributed by atoms with Crippen LogP contribution in [0.25, 0.3) is 0 Å². The minimum absolute atomic E-state index is 0.366. The van der Waals surface area contributed by atoms with Crippen molar-refractivity contribution in [1.29, 1.82) is 0 Å². The van der Waals surface area contributed by atoms with Crippen molar-refractivity contribution in [3.63, 3.8) is 0 Å². The highest BCUT2D eigenvalue weighted by atomic mass is 19.4. The van der Waals surface area contributed by atoms with E-state index in [1.807, 2.05) is 5.43 Å². The van der Waals surface area contributed by atoms with E-state index in [0.717, 1.165) is 5.01 Å². The molecule has 0 aromatic rings. The van der Waals surface area contributed by atoms with Gasteiger partial charge in [-0.1, -0.05) is 0 Å². The SMILES string of the molecule is CN(C)NC(=O)NC(C)(C(=O)O)C(F)(F)F. The summed E-state index contributed by atoms with van der Waals surface area (Å²) in [5, 5.41) is 10.9. The van der Waals surface area contributed by atoms with Gasteiger partial charge in [0.05, 0.1) is 0 Å². The lowest BCUT2D eigenvalue weighted by Gasteiger charge is -2.29. The number of urea groups is 1. The lowest BCUT2D eigenvalue weighted by molar-refractivity contribution is -0.203. The lowest BCUT2D eigenvalue weighted by Crippen LogP contribution is -2.64. The van der Waals surface area contributed by atoms with Gasteiger partial charge >= 0.3 is 18.2 Å². The predicted octanol–water partition coefficient (Wildman–Crippen LogP) is 0.168. The first kappa shape index (κ1) is 14.5. The number of hydrogen-bond acceptors (Lipinski definition) is 3. The molecule has 0 aromatic carbocycles. The van der Waals surface area contributed by atoms with Crippen LogP contribution >= 0.6 is 0 Å². The Kier molecular flexibility index (Phi) is 4.13. The van der Waals surface area contributed by atoms with Crippen LogP contribution in [0.4, 0.5) is 18.0 Å². The second-order valence-corrected chi connectivity index (χ2v) is 3.39. The number of carboxylic acid groups (broad SMARTS) is 1. The van der Waals surface area contributed by atoms with E-state index in [2.05, 4.69) is 0 Å². The third kappa shape index (κ3) is 3.26. The molecule has 1 unspecified atom stereocenters. The van der Waals surface area contributed by atoms with E-state index >= 15 is 0 Å². The average Bonchev–Trinajstić information content (AvgIpc) is 1.99. The average molecular weight is 243 g/mol. The van der Waals surface area contributed by atoms with Crippen molar-refractivity contribution in [3.8, 4) is 0 Å². The van der Waals surface area contributed by atoms with Crippen LogP contribution in [0.2, 0.25) is 0 Å². The van der Waals surface area contributed by atoms with Crippen molar-refractivity contribution in [2.75, 3.05) is 14.1 Å². The number of rotatable bonds is 3. The van der Waals surface area contributed by atoms with Crippen LogP contribution in [0.15, 0.2) is 0 Å². The lowest BCUT2D eigenvalue weighted by atomic mass is 10.0. The van der Waals surface area contributed by atoms with E-state index in [4.69, 9.17) is 5.11 Å². The molecule has 0 saturated heterocycles. The van der Waals surface area contributed by atoms with Gasteiger partial charge in [-0.25, -0.2) is 14.6 Å². The maximum absolute atomic E-state index is 12.4. The summed E-state index contributed by atoms with van der Waals surface area (Å²) in [6, 6.07) is -1.26. The quantitative estimate of drug-likeness (QED) is 0.617. The molecule has 0 aliphatic rings. The molecule has 3 N–H and O–H groups in total. The molecule has 0 fully saturated rings. The number of aliphatic carboxylic acids is 1. The van der Waals surface area contributed by atoms with E-state index in [0.29, 0.717) is 6.92 Å². The number of halogens is 3. The highest BCUT2D eigenvalue weighted by molar-refractivity contribution is 5.86. The third-order valence-electron chi connectivity index (χ3n) is 1.68.